The van der Waals surface area contributed by atoms with Crippen molar-refractivity contribution in [2.24, 2.45) is 0 Å². The van der Waals surface area contributed by atoms with E-state index < -0.39 is 11.4 Å². The van der Waals surface area contributed by atoms with Crippen molar-refractivity contribution in [3.8, 4) is 0 Å². The van der Waals surface area contributed by atoms with Crippen molar-refractivity contribution in [2.75, 3.05) is 7.11 Å². The Morgan fingerprint density at radius 3 is 2.81 bits per heavy atom. The number of fused-ring (bicyclic) bond motifs is 1. The number of carbonyl (C=O) groups excluding carboxylic acids is 1. The summed E-state index contributed by atoms with van der Waals surface area (Å²) < 4.78 is 4.51. The maximum atomic E-state index is 12.1. The number of benzene rings is 1. The van der Waals surface area contributed by atoms with Crippen molar-refractivity contribution in [2.45, 2.75) is 6.42 Å². The first kappa shape index (κ1) is 14.5. The number of ether oxygens (including phenoxy) is 1. The maximum absolute atomic E-state index is 12.1. The molecule has 0 spiro atoms. The predicted molar refractivity (Wildman–Crippen MR) is 77.2 cm³/mol. The molecule has 0 bridgehead atoms. The van der Waals surface area contributed by atoms with Gasteiger partial charge in [-0.1, -0.05) is 18.2 Å². The monoisotopic (exact) mass is 287 g/mol. The van der Waals surface area contributed by atoms with Crippen molar-refractivity contribution in [3.63, 3.8) is 0 Å². The minimum absolute atomic E-state index is 0.125. The largest absolute Gasteiger partial charge is 0.477 e. The Kier molecular flexibility index (Phi) is 4.18. The molecule has 0 amide bonds. The predicted octanol–water partition coefficient (Wildman–Crippen LogP) is 1.80. The zero-order valence-corrected chi connectivity index (χ0v) is 11.3. The second-order valence-electron chi connectivity index (χ2n) is 4.32. The van der Waals surface area contributed by atoms with Crippen LogP contribution in [0.5, 0.6) is 0 Å². The first-order chi connectivity index (χ1) is 10.0. The van der Waals surface area contributed by atoms with E-state index in [4.69, 9.17) is 5.11 Å². The number of methoxy groups -OCH3 is 1. The second kappa shape index (κ2) is 6.04. The summed E-state index contributed by atoms with van der Waals surface area (Å²) in [6.07, 6.45) is 4.59. The van der Waals surface area contributed by atoms with Gasteiger partial charge < -0.3 is 14.8 Å². The third-order valence-electron chi connectivity index (χ3n) is 2.96. The minimum atomic E-state index is -1.27. The topological polar surface area (TPSA) is 96.5 Å². The first-order valence-corrected chi connectivity index (χ1v) is 6.15. The standard InChI is InChI=1S/C15H13NO5/c1-21-13(17)4-2-3-9-5-6-12-10(7-9)14(18)11(8-16-12)15(19)20/h2-3,5-8H,4H2,1H3,(H,16,18)(H,19,20). The highest BCUT2D eigenvalue weighted by atomic mass is 16.5. The molecule has 0 saturated carbocycles. The first-order valence-electron chi connectivity index (χ1n) is 6.15. The van der Waals surface area contributed by atoms with Gasteiger partial charge in [-0.3, -0.25) is 9.59 Å². The summed E-state index contributed by atoms with van der Waals surface area (Å²) in [5.41, 5.74) is 0.396. The van der Waals surface area contributed by atoms with Crippen LogP contribution in [-0.4, -0.2) is 29.1 Å². The zero-order chi connectivity index (χ0) is 15.4. The molecule has 1 aromatic heterocycles. The SMILES string of the molecule is COC(=O)CC=Cc1ccc2[nH]cc(C(=O)O)c(=O)c2c1. The van der Waals surface area contributed by atoms with Crippen LogP contribution in [0.4, 0.5) is 0 Å². The molecule has 108 valence electrons. The number of aromatic nitrogens is 1. The number of carboxylic acids is 1. The van der Waals surface area contributed by atoms with Crippen LogP contribution in [0.3, 0.4) is 0 Å². The lowest BCUT2D eigenvalue weighted by Crippen LogP contribution is -2.15. The fourth-order valence-corrected chi connectivity index (χ4v) is 1.87. The molecule has 1 aromatic carbocycles. The van der Waals surface area contributed by atoms with Crippen LogP contribution in [0.1, 0.15) is 22.3 Å². The molecule has 2 aromatic rings. The van der Waals surface area contributed by atoms with Gasteiger partial charge in [0.15, 0.2) is 0 Å². The van der Waals surface area contributed by atoms with Crippen LogP contribution in [0, 0.1) is 0 Å². The number of nitrogens with one attached hydrogen (secondary N) is 1. The van der Waals surface area contributed by atoms with E-state index in [9.17, 15) is 14.4 Å². The van der Waals surface area contributed by atoms with E-state index in [0.717, 1.165) is 0 Å². The summed E-state index contributed by atoms with van der Waals surface area (Å²) in [5.74, 6) is -1.64. The van der Waals surface area contributed by atoms with Crippen molar-refractivity contribution in [3.05, 3.63) is 51.8 Å². The van der Waals surface area contributed by atoms with Crippen molar-refractivity contribution in [1.29, 1.82) is 0 Å². The normalized spacial score (nSPS) is 10.9. The quantitative estimate of drug-likeness (QED) is 0.836. The van der Waals surface area contributed by atoms with Gasteiger partial charge in [-0.2, -0.15) is 0 Å². The zero-order valence-electron chi connectivity index (χ0n) is 11.3. The van der Waals surface area contributed by atoms with E-state index in [0.29, 0.717) is 11.1 Å². The number of H-pyrrole nitrogens is 1. The van der Waals surface area contributed by atoms with Crippen molar-refractivity contribution >= 4 is 28.9 Å². The molecule has 2 rings (SSSR count). The summed E-state index contributed by atoms with van der Waals surface area (Å²) in [5, 5.41) is 9.23. The summed E-state index contributed by atoms with van der Waals surface area (Å²) in [6.45, 7) is 0. The van der Waals surface area contributed by atoms with Gasteiger partial charge in [0, 0.05) is 17.1 Å². The van der Waals surface area contributed by atoms with Crippen LogP contribution in [0.2, 0.25) is 0 Å². The van der Waals surface area contributed by atoms with E-state index in [1.165, 1.54) is 13.3 Å². The molecule has 0 saturated heterocycles. The van der Waals surface area contributed by atoms with Gasteiger partial charge >= 0.3 is 11.9 Å². The summed E-state index contributed by atoms with van der Waals surface area (Å²) >= 11 is 0. The summed E-state index contributed by atoms with van der Waals surface area (Å²) in [6, 6.07) is 5.01. The average molecular weight is 287 g/mol. The summed E-state index contributed by atoms with van der Waals surface area (Å²) in [7, 11) is 1.30. The fourth-order valence-electron chi connectivity index (χ4n) is 1.87. The van der Waals surface area contributed by atoms with E-state index in [-0.39, 0.29) is 23.3 Å². The molecule has 0 fully saturated rings. The highest BCUT2D eigenvalue weighted by Gasteiger charge is 2.11. The smallest absolute Gasteiger partial charge is 0.341 e. The van der Waals surface area contributed by atoms with E-state index in [2.05, 4.69) is 9.72 Å². The maximum Gasteiger partial charge on any atom is 0.341 e. The van der Waals surface area contributed by atoms with E-state index in [1.807, 2.05) is 0 Å². The molecule has 1 heterocycles. The Bertz CT molecular complexity index is 788. The molecule has 0 aliphatic heterocycles. The van der Waals surface area contributed by atoms with Crippen molar-refractivity contribution in [1.82, 2.24) is 4.98 Å². The van der Waals surface area contributed by atoms with Crippen molar-refractivity contribution < 1.29 is 19.4 Å². The molecule has 6 nitrogen and oxygen atoms in total. The molecule has 0 aliphatic rings. The van der Waals surface area contributed by atoms with Gasteiger partial charge in [0.2, 0.25) is 5.43 Å². The number of carboxylic acid groups (broad SMARTS) is 1. The number of aromatic amines is 1. The van der Waals surface area contributed by atoms with Crippen LogP contribution < -0.4 is 5.43 Å². The molecule has 0 radical (unpaired) electrons. The fraction of sp³-hybridized carbons (Fsp3) is 0.133. The number of esters is 1. The lowest BCUT2D eigenvalue weighted by molar-refractivity contribution is -0.139. The molecule has 21 heavy (non-hydrogen) atoms. The number of aromatic carboxylic acids is 1. The van der Waals surface area contributed by atoms with Gasteiger partial charge in [0.25, 0.3) is 0 Å². The Morgan fingerprint density at radius 1 is 1.38 bits per heavy atom. The molecule has 6 heteroatoms. The Balaban J connectivity index is 2.40. The lowest BCUT2D eigenvalue weighted by Gasteiger charge is -2.01. The average Bonchev–Trinajstić information content (AvgIpc) is 2.47. The molecule has 0 atom stereocenters. The third kappa shape index (κ3) is 3.17. The molecule has 0 unspecified atom stereocenters. The number of pyridine rings is 1. The van der Waals surface area contributed by atoms with Crippen LogP contribution in [-0.2, 0) is 9.53 Å². The number of carbonyl (C=O) groups is 2. The molecule has 2 N–H and O–H groups in total. The highest BCUT2D eigenvalue weighted by Crippen LogP contribution is 2.13. The molecule has 0 aliphatic carbocycles. The Hall–Kier alpha value is -2.89. The van der Waals surface area contributed by atoms with Crippen LogP contribution >= 0.6 is 0 Å². The third-order valence-corrected chi connectivity index (χ3v) is 2.96. The van der Waals surface area contributed by atoms with Gasteiger partial charge in [-0.25, -0.2) is 4.79 Å². The summed E-state index contributed by atoms with van der Waals surface area (Å²) in [4.78, 5) is 36.8. The highest BCUT2D eigenvalue weighted by molar-refractivity contribution is 5.92. The van der Waals surface area contributed by atoms with E-state index >= 15 is 0 Å². The van der Waals surface area contributed by atoms with E-state index in [1.54, 1.807) is 30.4 Å². The Morgan fingerprint density at radius 2 is 2.14 bits per heavy atom. The number of rotatable bonds is 4. The lowest BCUT2D eigenvalue weighted by atomic mass is 10.1. The van der Waals surface area contributed by atoms with Gasteiger partial charge in [0.1, 0.15) is 5.56 Å². The molecular weight excluding hydrogens is 274 g/mol. The number of hydrogen-bond acceptors (Lipinski definition) is 4. The number of hydrogen-bond donors (Lipinski definition) is 2. The van der Waals surface area contributed by atoms with Crippen LogP contribution in [0.25, 0.3) is 17.0 Å². The molecular formula is C15H13NO5. The second-order valence-corrected chi connectivity index (χ2v) is 4.32. The minimum Gasteiger partial charge on any atom is -0.477 e. The van der Waals surface area contributed by atoms with Crippen LogP contribution in [0.15, 0.2) is 35.3 Å². The van der Waals surface area contributed by atoms with Gasteiger partial charge in [-0.15, -0.1) is 0 Å². The van der Waals surface area contributed by atoms with Gasteiger partial charge in [-0.05, 0) is 17.7 Å². The van der Waals surface area contributed by atoms with Gasteiger partial charge in [0.05, 0.1) is 13.5 Å². The Labute approximate surface area is 119 Å².